The van der Waals surface area contributed by atoms with Gasteiger partial charge in [0.15, 0.2) is 0 Å². The molecule has 0 aliphatic heterocycles. The molecule has 0 aliphatic rings. The summed E-state index contributed by atoms with van der Waals surface area (Å²) in [7, 11) is 2.14. The molecule has 0 unspecified atom stereocenters. The minimum absolute atomic E-state index is 0.625. The highest BCUT2D eigenvalue weighted by molar-refractivity contribution is 5.50. The summed E-state index contributed by atoms with van der Waals surface area (Å²) >= 11 is 0. The van der Waals surface area contributed by atoms with Gasteiger partial charge in [0.2, 0.25) is 0 Å². The molecule has 84 valence electrons. The number of rotatable bonds is 4. The summed E-state index contributed by atoms with van der Waals surface area (Å²) in [4.78, 5) is 2.29. The lowest BCUT2D eigenvalue weighted by Gasteiger charge is -2.22. The zero-order valence-electron chi connectivity index (χ0n) is 10.2. The molecule has 2 nitrogen and oxygen atoms in total. The predicted octanol–water partition coefficient (Wildman–Crippen LogP) is 2.55. The van der Waals surface area contributed by atoms with Crippen LogP contribution in [0.3, 0.4) is 0 Å². The van der Waals surface area contributed by atoms with Gasteiger partial charge in [-0.25, -0.2) is 0 Å². The van der Waals surface area contributed by atoms with Gasteiger partial charge in [-0.3, -0.25) is 0 Å². The number of nitrogens with two attached hydrogens (primary N) is 1. The summed E-state index contributed by atoms with van der Waals surface area (Å²) < 4.78 is 0. The summed E-state index contributed by atoms with van der Waals surface area (Å²) in [6.45, 7) is 8.30. The fraction of sp³-hybridized carbons (Fsp3) is 0.538. The van der Waals surface area contributed by atoms with E-state index < -0.39 is 0 Å². The molecule has 0 heterocycles. The van der Waals surface area contributed by atoms with Gasteiger partial charge in [0.1, 0.15) is 0 Å². The van der Waals surface area contributed by atoms with E-state index in [1.54, 1.807) is 0 Å². The Morgan fingerprint density at radius 2 is 2.00 bits per heavy atom. The lowest BCUT2D eigenvalue weighted by Crippen LogP contribution is -2.22. The van der Waals surface area contributed by atoms with E-state index in [4.69, 9.17) is 5.73 Å². The van der Waals surface area contributed by atoms with E-state index in [-0.39, 0.29) is 0 Å². The van der Waals surface area contributed by atoms with Crippen LogP contribution in [-0.4, -0.2) is 13.6 Å². The summed E-state index contributed by atoms with van der Waals surface area (Å²) in [5.41, 5.74) is 9.44. The fourth-order valence-electron chi connectivity index (χ4n) is 1.80. The highest BCUT2D eigenvalue weighted by Crippen LogP contribution is 2.18. The van der Waals surface area contributed by atoms with Crippen LogP contribution in [0.15, 0.2) is 18.2 Å². The molecule has 0 saturated heterocycles. The van der Waals surface area contributed by atoms with Crippen LogP contribution >= 0.6 is 0 Å². The molecular formula is C13H22N2. The lowest BCUT2D eigenvalue weighted by molar-refractivity contribution is 0.638. The quantitative estimate of drug-likeness (QED) is 0.820. The maximum Gasteiger partial charge on any atom is 0.0366 e. The third-order valence-electron chi connectivity index (χ3n) is 2.63. The third kappa shape index (κ3) is 3.24. The molecule has 15 heavy (non-hydrogen) atoms. The van der Waals surface area contributed by atoms with E-state index in [1.807, 2.05) is 0 Å². The summed E-state index contributed by atoms with van der Waals surface area (Å²) in [5.74, 6) is 0.685. The smallest absolute Gasteiger partial charge is 0.0366 e. The molecule has 0 aliphatic carbocycles. The molecule has 0 fully saturated rings. The molecule has 2 N–H and O–H groups in total. The zero-order valence-corrected chi connectivity index (χ0v) is 10.2. The molecule has 2 heteroatoms. The highest BCUT2D eigenvalue weighted by atomic mass is 15.1. The van der Waals surface area contributed by atoms with Crippen LogP contribution in [0.4, 0.5) is 5.69 Å². The first-order valence-corrected chi connectivity index (χ1v) is 5.55. The Labute approximate surface area is 93.1 Å². The molecule has 0 atom stereocenters. The topological polar surface area (TPSA) is 29.3 Å². The van der Waals surface area contributed by atoms with Crippen molar-refractivity contribution in [3.8, 4) is 0 Å². The van der Waals surface area contributed by atoms with Gasteiger partial charge in [0.05, 0.1) is 0 Å². The van der Waals surface area contributed by atoms with Gasteiger partial charge in [-0.15, -0.1) is 0 Å². The first kappa shape index (κ1) is 12.1. The molecule has 0 bridgehead atoms. The molecular weight excluding hydrogens is 184 g/mol. The lowest BCUT2D eigenvalue weighted by atomic mass is 10.1. The Kier molecular flexibility index (Phi) is 4.15. The van der Waals surface area contributed by atoms with Crippen LogP contribution in [0, 0.1) is 12.8 Å². The van der Waals surface area contributed by atoms with Gasteiger partial charge in [-0.05, 0) is 36.1 Å². The fourth-order valence-corrected chi connectivity index (χ4v) is 1.80. The van der Waals surface area contributed by atoms with Gasteiger partial charge in [-0.1, -0.05) is 19.9 Å². The highest BCUT2D eigenvalue weighted by Gasteiger charge is 2.04. The van der Waals surface area contributed by atoms with Crippen molar-refractivity contribution in [2.75, 3.05) is 18.5 Å². The maximum atomic E-state index is 5.64. The average Bonchev–Trinajstić information content (AvgIpc) is 2.16. The SMILES string of the molecule is Cc1cc(N(C)CC(C)C)ccc1CN. The molecule has 1 rings (SSSR count). The molecule has 0 amide bonds. The van der Waals surface area contributed by atoms with E-state index in [2.05, 4.69) is 50.9 Å². The molecule has 0 aromatic heterocycles. The number of aryl methyl sites for hydroxylation is 1. The predicted molar refractivity (Wildman–Crippen MR) is 67.2 cm³/mol. The Bertz CT molecular complexity index is 318. The van der Waals surface area contributed by atoms with Gasteiger partial charge < -0.3 is 10.6 Å². The first-order chi connectivity index (χ1) is 7.04. The van der Waals surface area contributed by atoms with Gasteiger partial charge >= 0.3 is 0 Å². The number of benzene rings is 1. The van der Waals surface area contributed by atoms with Crippen LogP contribution in [0.5, 0.6) is 0 Å². The zero-order chi connectivity index (χ0) is 11.4. The standard InChI is InChI=1S/C13H22N2/c1-10(2)9-15(4)13-6-5-12(8-14)11(3)7-13/h5-7,10H,8-9,14H2,1-4H3. The summed E-state index contributed by atoms with van der Waals surface area (Å²) in [6.07, 6.45) is 0. The van der Waals surface area contributed by atoms with Crippen molar-refractivity contribution in [2.45, 2.75) is 27.3 Å². The van der Waals surface area contributed by atoms with E-state index in [0.29, 0.717) is 12.5 Å². The minimum Gasteiger partial charge on any atom is -0.374 e. The van der Waals surface area contributed by atoms with Crippen LogP contribution in [0.25, 0.3) is 0 Å². The number of nitrogens with zero attached hydrogens (tertiary/aromatic N) is 1. The van der Waals surface area contributed by atoms with Crippen molar-refractivity contribution in [3.05, 3.63) is 29.3 Å². The molecule has 0 saturated carbocycles. The van der Waals surface area contributed by atoms with E-state index in [1.165, 1.54) is 16.8 Å². The van der Waals surface area contributed by atoms with Crippen molar-refractivity contribution in [1.82, 2.24) is 0 Å². The van der Waals surface area contributed by atoms with E-state index in [0.717, 1.165) is 6.54 Å². The molecule has 1 aromatic carbocycles. The van der Waals surface area contributed by atoms with Crippen LogP contribution in [0.2, 0.25) is 0 Å². The van der Waals surface area contributed by atoms with Gasteiger partial charge in [0, 0.05) is 25.8 Å². The number of hydrogen-bond acceptors (Lipinski definition) is 2. The normalized spacial score (nSPS) is 10.8. The van der Waals surface area contributed by atoms with E-state index >= 15 is 0 Å². The summed E-state index contributed by atoms with van der Waals surface area (Å²) in [6, 6.07) is 6.49. The van der Waals surface area contributed by atoms with Crippen LogP contribution in [-0.2, 0) is 6.54 Å². The van der Waals surface area contributed by atoms with Crippen LogP contribution in [0.1, 0.15) is 25.0 Å². The Morgan fingerprint density at radius 3 is 2.47 bits per heavy atom. The first-order valence-electron chi connectivity index (χ1n) is 5.55. The number of hydrogen-bond donors (Lipinski definition) is 1. The second-order valence-corrected chi connectivity index (χ2v) is 4.59. The Balaban J connectivity index is 2.82. The third-order valence-corrected chi connectivity index (χ3v) is 2.63. The summed E-state index contributed by atoms with van der Waals surface area (Å²) in [5, 5.41) is 0. The largest absolute Gasteiger partial charge is 0.374 e. The van der Waals surface area contributed by atoms with Crippen molar-refractivity contribution < 1.29 is 0 Å². The van der Waals surface area contributed by atoms with Crippen LogP contribution < -0.4 is 10.6 Å². The average molecular weight is 206 g/mol. The van der Waals surface area contributed by atoms with Gasteiger partial charge in [0.25, 0.3) is 0 Å². The van der Waals surface area contributed by atoms with Crippen molar-refractivity contribution >= 4 is 5.69 Å². The monoisotopic (exact) mass is 206 g/mol. The second-order valence-electron chi connectivity index (χ2n) is 4.59. The second kappa shape index (κ2) is 5.17. The van der Waals surface area contributed by atoms with Gasteiger partial charge in [-0.2, -0.15) is 0 Å². The van der Waals surface area contributed by atoms with Crippen molar-refractivity contribution in [2.24, 2.45) is 11.7 Å². The number of anilines is 1. The van der Waals surface area contributed by atoms with Crippen molar-refractivity contribution in [1.29, 1.82) is 0 Å². The van der Waals surface area contributed by atoms with E-state index in [9.17, 15) is 0 Å². The minimum atomic E-state index is 0.625. The molecule has 0 radical (unpaired) electrons. The Hall–Kier alpha value is -1.02. The van der Waals surface area contributed by atoms with Crippen molar-refractivity contribution in [3.63, 3.8) is 0 Å². The maximum absolute atomic E-state index is 5.64. The molecule has 0 spiro atoms. The Morgan fingerprint density at radius 1 is 1.33 bits per heavy atom. The molecule has 1 aromatic rings.